The van der Waals surface area contributed by atoms with Gasteiger partial charge in [0.25, 0.3) is 6.43 Å². The molecule has 4 nitrogen and oxygen atoms in total. The minimum Gasteiger partial charge on any atom is -0.395 e. The number of halogens is 2. The Morgan fingerprint density at radius 1 is 1.32 bits per heavy atom. The number of amides is 1. The number of nitrogens with zero attached hydrogens (tertiary/aromatic N) is 1. The maximum atomic E-state index is 12.4. The van der Waals surface area contributed by atoms with Gasteiger partial charge < -0.3 is 15.3 Å². The van der Waals surface area contributed by atoms with E-state index in [1.807, 2.05) is 0 Å². The Balaban J connectivity index is 1.84. The van der Waals surface area contributed by atoms with Crippen molar-refractivity contribution in [3.8, 4) is 0 Å². The van der Waals surface area contributed by atoms with Crippen LogP contribution in [-0.2, 0) is 4.79 Å². The normalized spacial score (nSPS) is 29.8. The largest absolute Gasteiger partial charge is 0.395 e. The highest BCUT2D eigenvalue weighted by atomic mass is 19.3. The first kappa shape index (κ1) is 14.7. The van der Waals surface area contributed by atoms with Crippen molar-refractivity contribution in [1.29, 1.82) is 0 Å². The predicted octanol–water partition coefficient (Wildman–Crippen LogP) is 0.993. The first-order valence-electron chi connectivity index (χ1n) is 7.01. The number of rotatable bonds is 6. The van der Waals surface area contributed by atoms with Crippen LogP contribution in [0, 0.1) is 5.92 Å². The highest BCUT2D eigenvalue weighted by molar-refractivity contribution is 5.76. The summed E-state index contributed by atoms with van der Waals surface area (Å²) >= 11 is 0. The summed E-state index contributed by atoms with van der Waals surface area (Å²) in [6.07, 6.45) is 2.04. The van der Waals surface area contributed by atoms with Gasteiger partial charge in [-0.3, -0.25) is 4.79 Å². The Morgan fingerprint density at radius 3 is 2.47 bits per heavy atom. The second-order valence-corrected chi connectivity index (χ2v) is 5.63. The van der Waals surface area contributed by atoms with Gasteiger partial charge in [-0.1, -0.05) is 0 Å². The maximum absolute atomic E-state index is 12.4. The molecule has 0 radical (unpaired) electrons. The molecule has 0 spiro atoms. The number of carbonyl (C=O) groups excluding carboxylic acids is 1. The third kappa shape index (κ3) is 4.11. The lowest BCUT2D eigenvalue weighted by Gasteiger charge is -2.30. The summed E-state index contributed by atoms with van der Waals surface area (Å²) in [5.41, 5.74) is 0. The molecule has 0 saturated carbocycles. The van der Waals surface area contributed by atoms with Crippen LogP contribution in [0.25, 0.3) is 0 Å². The van der Waals surface area contributed by atoms with E-state index in [1.165, 1.54) is 0 Å². The zero-order chi connectivity index (χ0) is 13.8. The molecule has 2 aliphatic rings. The molecule has 0 aromatic rings. The first-order valence-corrected chi connectivity index (χ1v) is 7.01. The van der Waals surface area contributed by atoms with Gasteiger partial charge >= 0.3 is 0 Å². The Hall–Kier alpha value is -0.750. The molecule has 110 valence electrons. The smallest absolute Gasteiger partial charge is 0.255 e. The van der Waals surface area contributed by atoms with Gasteiger partial charge in [0.2, 0.25) is 5.91 Å². The van der Waals surface area contributed by atoms with Gasteiger partial charge in [-0.15, -0.1) is 0 Å². The Kier molecular flexibility index (Phi) is 5.10. The molecule has 2 bridgehead atoms. The van der Waals surface area contributed by atoms with Crippen molar-refractivity contribution >= 4 is 5.91 Å². The quantitative estimate of drug-likeness (QED) is 0.761. The van der Waals surface area contributed by atoms with E-state index >= 15 is 0 Å². The van der Waals surface area contributed by atoms with Crippen LogP contribution >= 0.6 is 0 Å². The number of aliphatic hydroxyl groups is 1. The molecule has 2 atom stereocenters. The molecule has 19 heavy (non-hydrogen) atoms. The summed E-state index contributed by atoms with van der Waals surface area (Å²) in [5, 5.41) is 12.3. The molecular formula is C13H22F2N2O2. The van der Waals surface area contributed by atoms with E-state index < -0.39 is 13.0 Å². The monoisotopic (exact) mass is 276 g/mol. The van der Waals surface area contributed by atoms with Crippen molar-refractivity contribution in [2.24, 2.45) is 5.92 Å². The van der Waals surface area contributed by atoms with Crippen LogP contribution in [0.2, 0.25) is 0 Å². The minimum atomic E-state index is -2.54. The number of hydrogen-bond donors (Lipinski definition) is 2. The molecule has 2 aliphatic heterocycles. The van der Waals surface area contributed by atoms with Crippen LogP contribution in [0.3, 0.4) is 0 Å². The van der Waals surface area contributed by atoms with Crippen molar-refractivity contribution in [1.82, 2.24) is 10.2 Å². The number of hydrogen-bond acceptors (Lipinski definition) is 3. The van der Waals surface area contributed by atoms with Crippen LogP contribution < -0.4 is 5.32 Å². The summed E-state index contributed by atoms with van der Waals surface area (Å²) in [6.45, 7) is -0.839. The number of carbonyl (C=O) groups is 1. The standard InChI is InChI=1S/C13H22F2N2O2/c14-12(15)8-17(3-4-18)13(19)7-9-5-10-1-2-11(6-9)16-10/h9-12,16,18H,1-8H2. The fraction of sp³-hybridized carbons (Fsp3) is 0.923. The lowest BCUT2D eigenvalue weighted by Crippen LogP contribution is -2.42. The van der Waals surface area contributed by atoms with E-state index in [1.54, 1.807) is 0 Å². The molecule has 0 aliphatic carbocycles. The highest BCUT2D eigenvalue weighted by Gasteiger charge is 2.34. The SMILES string of the molecule is O=C(CC1CC2CCC(C1)N2)N(CCO)CC(F)F. The number of fused-ring (bicyclic) bond motifs is 2. The van der Waals surface area contributed by atoms with E-state index in [0.29, 0.717) is 24.4 Å². The second kappa shape index (κ2) is 6.61. The Morgan fingerprint density at radius 2 is 1.95 bits per heavy atom. The number of nitrogens with one attached hydrogen (secondary N) is 1. The summed E-state index contributed by atoms with van der Waals surface area (Å²) in [4.78, 5) is 13.1. The van der Waals surface area contributed by atoms with Crippen molar-refractivity contribution in [3.63, 3.8) is 0 Å². The van der Waals surface area contributed by atoms with E-state index in [2.05, 4.69) is 5.32 Å². The fourth-order valence-corrected chi connectivity index (χ4v) is 3.32. The van der Waals surface area contributed by atoms with Gasteiger partial charge in [-0.25, -0.2) is 8.78 Å². The van der Waals surface area contributed by atoms with Crippen molar-refractivity contribution in [3.05, 3.63) is 0 Å². The Labute approximate surface area is 112 Å². The van der Waals surface area contributed by atoms with Crippen molar-refractivity contribution in [2.45, 2.75) is 50.6 Å². The summed E-state index contributed by atoms with van der Waals surface area (Å²) in [5.74, 6) is 0.0470. The molecule has 2 rings (SSSR count). The second-order valence-electron chi connectivity index (χ2n) is 5.63. The molecular weight excluding hydrogens is 254 g/mol. The van der Waals surface area contributed by atoms with Crippen LogP contribution in [0.5, 0.6) is 0 Å². The third-order valence-corrected chi connectivity index (χ3v) is 4.12. The van der Waals surface area contributed by atoms with Gasteiger partial charge in [0.1, 0.15) is 0 Å². The average molecular weight is 276 g/mol. The summed E-state index contributed by atoms with van der Waals surface area (Å²) in [7, 11) is 0. The molecule has 2 unspecified atom stereocenters. The lowest BCUT2D eigenvalue weighted by molar-refractivity contribution is -0.135. The molecule has 6 heteroatoms. The summed E-state index contributed by atoms with van der Waals surface area (Å²) in [6, 6.07) is 0.996. The lowest BCUT2D eigenvalue weighted by atomic mass is 9.89. The van der Waals surface area contributed by atoms with E-state index in [4.69, 9.17) is 5.11 Å². The van der Waals surface area contributed by atoms with Gasteiger partial charge in [0.05, 0.1) is 13.2 Å². The van der Waals surface area contributed by atoms with Gasteiger partial charge in [0.15, 0.2) is 0 Å². The zero-order valence-corrected chi connectivity index (χ0v) is 11.0. The average Bonchev–Trinajstić information content (AvgIpc) is 2.67. The minimum absolute atomic E-state index is 0.000993. The highest BCUT2D eigenvalue weighted by Crippen LogP contribution is 2.32. The van der Waals surface area contributed by atoms with Gasteiger partial charge in [-0.05, 0) is 31.6 Å². The van der Waals surface area contributed by atoms with E-state index in [9.17, 15) is 13.6 Å². The summed E-state index contributed by atoms with van der Waals surface area (Å²) < 4.78 is 24.8. The topological polar surface area (TPSA) is 52.6 Å². The first-order chi connectivity index (χ1) is 9.08. The molecule has 0 aromatic heterocycles. The predicted molar refractivity (Wildman–Crippen MR) is 67.0 cm³/mol. The van der Waals surface area contributed by atoms with E-state index in [-0.39, 0.29) is 19.1 Å². The van der Waals surface area contributed by atoms with Gasteiger partial charge in [-0.2, -0.15) is 0 Å². The Bertz CT molecular complexity index is 303. The van der Waals surface area contributed by atoms with Crippen LogP contribution in [0.1, 0.15) is 32.1 Å². The molecule has 2 saturated heterocycles. The number of alkyl halides is 2. The molecule has 2 fully saturated rings. The zero-order valence-electron chi connectivity index (χ0n) is 11.0. The van der Waals surface area contributed by atoms with Crippen molar-refractivity contribution < 1.29 is 18.7 Å². The molecule has 2 N–H and O–H groups in total. The number of piperidine rings is 1. The maximum Gasteiger partial charge on any atom is 0.255 e. The third-order valence-electron chi connectivity index (χ3n) is 4.12. The number of aliphatic hydroxyl groups excluding tert-OH is 1. The van der Waals surface area contributed by atoms with Crippen molar-refractivity contribution in [2.75, 3.05) is 19.7 Å². The molecule has 1 amide bonds. The van der Waals surface area contributed by atoms with Crippen LogP contribution in [0.4, 0.5) is 8.78 Å². The molecule has 2 heterocycles. The van der Waals surface area contributed by atoms with Gasteiger partial charge in [0, 0.05) is 25.0 Å². The van der Waals surface area contributed by atoms with E-state index in [0.717, 1.165) is 30.6 Å². The fourth-order valence-electron chi connectivity index (χ4n) is 3.32. The van der Waals surface area contributed by atoms with Crippen LogP contribution in [-0.4, -0.2) is 54.1 Å². The molecule has 0 aromatic carbocycles. The van der Waals surface area contributed by atoms with Crippen LogP contribution in [0.15, 0.2) is 0 Å².